The normalized spacial score (nSPS) is 13.3. The molecule has 0 aliphatic heterocycles. The van der Waals surface area contributed by atoms with Gasteiger partial charge in [0.25, 0.3) is 0 Å². The molecule has 0 bridgehead atoms. The number of carbonyl (C=O) groups is 1. The van der Waals surface area contributed by atoms with E-state index in [1.807, 2.05) is 0 Å². The molecule has 2 atom stereocenters. The lowest BCUT2D eigenvalue weighted by Gasteiger charge is -2.21. The third-order valence-electron chi connectivity index (χ3n) is 1.69. The van der Waals surface area contributed by atoms with Gasteiger partial charge < -0.3 is 14.2 Å². The van der Waals surface area contributed by atoms with Gasteiger partial charge in [0.2, 0.25) is 0 Å². The van der Waals surface area contributed by atoms with Crippen LogP contribution in [0.5, 0.6) is 0 Å². The van der Waals surface area contributed by atoms with Crippen LogP contribution in [0.1, 0.15) is 6.92 Å². The van der Waals surface area contributed by atoms with Crippen molar-refractivity contribution in [1.29, 1.82) is 0 Å². The van der Waals surface area contributed by atoms with Crippen LogP contribution in [-0.4, -0.2) is 31.6 Å². The molecule has 0 radical (unpaired) electrons. The van der Waals surface area contributed by atoms with Crippen LogP contribution in [0.2, 0.25) is 0 Å². The maximum atomic E-state index is 11.1. The molecule has 0 aliphatic carbocycles. The van der Waals surface area contributed by atoms with Gasteiger partial charge in [-0.2, -0.15) is 0 Å². The van der Waals surface area contributed by atoms with Crippen molar-refractivity contribution in [2.75, 3.05) is 13.2 Å². The van der Waals surface area contributed by atoms with Gasteiger partial charge in [-0.1, -0.05) is 18.7 Å². The summed E-state index contributed by atoms with van der Waals surface area (Å²) in [6.45, 7) is 13.0. The van der Waals surface area contributed by atoms with Gasteiger partial charge in [-0.3, -0.25) is 0 Å². The van der Waals surface area contributed by atoms with E-state index >= 15 is 0 Å². The minimum atomic E-state index is -0.749. The fraction of sp³-hybridized carbons (Fsp3) is 0.417. The van der Waals surface area contributed by atoms with Crippen molar-refractivity contribution in [2.45, 2.75) is 19.1 Å². The van der Waals surface area contributed by atoms with Crippen molar-refractivity contribution >= 4 is 6.16 Å². The molecule has 90 valence electrons. The second kappa shape index (κ2) is 8.73. The minimum absolute atomic E-state index is 0.259. The Hall–Kier alpha value is -1.55. The molecule has 16 heavy (non-hydrogen) atoms. The first-order chi connectivity index (χ1) is 7.69. The smallest absolute Gasteiger partial charge is 0.435 e. The fourth-order valence-corrected chi connectivity index (χ4v) is 0.988. The molecule has 4 nitrogen and oxygen atoms in total. The maximum absolute atomic E-state index is 11.1. The van der Waals surface area contributed by atoms with Crippen molar-refractivity contribution in [2.24, 2.45) is 0 Å². The first-order valence-corrected chi connectivity index (χ1v) is 5.00. The Labute approximate surface area is 96.2 Å². The standard InChI is InChI=1S/C12H18O4/c1-5-9-15-10(6-2)11(7-3)16-12(13)14-8-4/h5-7,10-11H,1-3,8-9H2,4H3/t10-,11-/m1/s1. The van der Waals surface area contributed by atoms with Crippen molar-refractivity contribution < 1.29 is 19.0 Å². The molecule has 0 aromatic rings. The van der Waals surface area contributed by atoms with Crippen molar-refractivity contribution in [3.63, 3.8) is 0 Å². The van der Waals surface area contributed by atoms with E-state index < -0.39 is 18.4 Å². The zero-order valence-electron chi connectivity index (χ0n) is 9.56. The Morgan fingerprint density at radius 2 is 1.88 bits per heavy atom. The molecule has 0 aliphatic rings. The van der Waals surface area contributed by atoms with Crippen LogP contribution in [-0.2, 0) is 14.2 Å². The molecule has 4 heteroatoms. The van der Waals surface area contributed by atoms with Crippen molar-refractivity contribution in [1.82, 2.24) is 0 Å². The monoisotopic (exact) mass is 226 g/mol. The summed E-state index contributed by atoms with van der Waals surface area (Å²) in [7, 11) is 0. The van der Waals surface area contributed by atoms with E-state index in [0.717, 1.165) is 0 Å². The van der Waals surface area contributed by atoms with Crippen LogP contribution >= 0.6 is 0 Å². The Bertz CT molecular complexity index is 247. The summed E-state index contributed by atoms with van der Waals surface area (Å²) in [5.41, 5.74) is 0. The van der Waals surface area contributed by atoms with Gasteiger partial charge in [0, 0.05) is 0 Å². The van der Waals surface area contributed by atoms with Gasteiger partial charge >= 0.3 is 6.16 Å². The molecule has 0 N–H and O–H groups in total. The first kappa shape index (κ1) is 14.5. The number of rotatable bonds is 8. The SMILES string of the molecule is C=CCO[C@H](C=C)[C@@H](C=C)OC(=O)OCC. The van der Waals surface area contributed by atoms with E-state index in [2.05, 4.69) is 24.5 Å². The molecule has 0 saturated heterocycles. The quantitative estimate of drug-likeness (QED) is 0.471. The zero-order chi connectivity index (χ0) is 12.4. The first-order valence-electron chi connectivity index (χ1n) is 5.00. The van der Waals surface area contributed by atoms with E-state index in [-0.39, 0.29) is 6.61 Å². The summed E-state index contributed by atoms with van der Waals surface area (Å²) in [6, 6.07) is 0. The average Bonchev–Trinajstić information content (AvgIpc) is 2.28. The lowest BCUT2D eigenvalue weighted by molar-refractivity contribution is -0.0178. The summed E-state index contributed by atoms with van der Waals surface area (Å²) in [5.74, 6) is 0. The van der Waals surface area contributed by atoms with Crippen LogP contribution in [0, 0.1) is 0 Å². The largest absolute Gasteiger partial charge is 0.508 e. The Morgan fingerprint density at radius 3 is 2.31 bits per heavy atom. The second-order valence-electron chi connectivity index (χ2n) is 2.82. The number of ether oxygens (including phenoxy) is 3. The summed E-state index contributed by atoms with van der Waals surface area (Å²) < 4.78 is 15.0. The highest BCUT2D eigenvalue weighted by Crippen LogP contribution is 2.08. The van der Waals surface area contributed by atoms with E-state index in [4.69, 9.17) is 9.47 Å². The van der Waals surface area contributed by atoms with Gasteiger partial charge in [-0.15, -0.1) is 13.2 Å². The maximum Gasteiger partial charge on any atom is 0.508 e. The van der Waals surface area contributed by atoms with Gasteiger partial charge in [-0.25, -0.2) is 4.79 Å². The Kier molecular flexibility index (Phi) is 7.89. The highest BCUT2D eigenvalue weighted by Gasteiger charge is 2.20. The Balaban J connectivity index is 4.31. The van der Waals surface area contributed by atoms with E-state index in [9.17, 15) is 4.79 Å². The predicted octanol–water partition coefficient (Wildman–Crippen LogP) is 2.47. The summed E-state index contributed by atoms with van der Waals surface area (Å²) >= 11 is 0. The molecule has 0 spiro atoms. The average molecular weight is 226 g/mol. The molecule has 0 unspecified atom stereocenters. The predicted molar refractivity (Wildman–Crippen MR) is 62.2 cm³/mol. The third kappa shape index (κ3) is 5.36. The molecule has 0 aromatic heterocycles. The topological polar surface area (TPSA) is 44.8 Å². The lowest BCUT2D eigenvalue weighted by atomic mass is 10.2. The van der Waals surface area contributed by atoms with Crippen LogP contribution in [0.4, 0.5) is 4.79 Å². The van der Waals surface area contributed by atoms with Gasteiger partial charge in [0.1, 0.15) is 6.10 Å². The van der Waals surface area contributed by atoms with Gasteiger partial charge in [0.05, 0.1) is 13.2 Å². The van der Waals surface area contributed by atoms with E-state index in [1.54, 1.807) is 13.0 Å². The lowest BCUT2D eigenvalue weighted by Crippen LogP contribution is -2.30. The highest BCUT2D eigenvalue weighted by molar-refractivity contribution is 5.60. The fourth-order valence-electron chi connectivity index (χ4n) is 0.988. The zero-order valence-corrected chi connectivity index (χ0v) is 9.56. The Morgan fingerprint density at radius 1 is 1.25 bits per heavy atom. The molecule has 0 fully saturated rings. The summed E-state index contributed by atoms with van der Waals surface area (Å²) in [5, 5.41) is 0. The summed E-state index contributed by atoms with van der Waals surface area (Å²) in [6.07, 6.45) is 2.78. The van der Waals surface area contributed by atoms with Crippen molar-refractivity contribution in [3.8, 4) is 0 Å². The third-order valence-corrected chi connectivity index (χ3v) is 1.69. The highest BCUT2D eigenvalue weighted by atomic mass is 16.7. The van der Waals surface area contributed by atoms with Crippen molar-refractivity contribution in [3.05, 3.63) is 38.0 Å². The second-order valence-corrected chi connectivity index (χ2v) is 2.82. The minimum Gasteiger partial charge on any atom is -0.435 e. The van der Waals surface area contributed by atoms with Gasteiger partial charge in [-0.05, 0) is 13.0 Å². The number of carbonyl (C=O) groups excluding carboxylic acids is 1. The number of hydrogen-bond acceptors (Lipinski definition) is 4. The molecule has 0 heterocycles. The molecular weight excluding hydrogens is 208 g/mol. The van der Waals surface area contributed by atoms with Crippen LogP contribution in [0.3, 0.4) is 0 Å². The van der Waals surface area contributed by atoms with Crippen LogP contribution < -0.4 is 0 Å². The van der Waals surface area contributed by atoms with E-state index in [1.165, 1.54) is 12.2 Å². The summed E-state index contributed by atoms with van der Waals surface area (Å²) in [4.78, 5) is 11.1. The van der Waals surface area contributed by atoms with Crippen LogP contribution in [0.15, 0.2) is 38.0 Å². The molecule has 0 aromatic carbocycles. The molecule has 0 saturated carbocycles. The molecular formula is C12H18O4. The van der Waals surface area contributed by atoms with Crippen LogP contribution in [0.25, 0.3) is 0 Å². The van der Waals surface area contributed by atoms with Gasteiger partial charge in [0.15, 0.2) is 6.10 Å². The van der Waals surface area contributed by atoms with E-state index in [0.29, 0.717) is 6.61 Å². The molecule has 0 rings (SSSR count). The molecule has 0 amide bonds. The number of hydrogen-bond donors (Lipinski definition) is 0.